The third kappa shape index (κ3) is 3.15. The highest BCUT2D eigenvalue weighted by Crippen LogP contribution is 2.35. The molecule has 0 unspecified atom stereocenters. The summed E-state index contributed by atoms with van der Waals surface area (Å²) in [5.74, 6) is 0.0795. The molecule has 136 valence electrons. The van der Waals surface area contributed by atoms with Crippen LogP contribution in [-0.4, -0.2) is 37.5 Å². The number of carbonyl (C=O) groups is 1. The number of fused-ring (bicyclic) bond motifs is 1. The van der Waals surface area contributed by atoms with Gasteiger partial charge < -0.3 is 9.84 Å². The molecule has 2 heterocycles. The molecule has 4 rings (SSSR count). The van der Waals surface area contributed by atoms with Crippen molar-refractivity contribution in [3.05, 3.63) is 64.5 Å². The van der Waals surface area contributed by atoms with E-state index in [2.05, 4.69) is 10.3 Å². The van der Waals surface area contributed by atoms with Crippen LogP contribution >= 0.6 is 0 Å². The number of aromatic hydroxyl groups is 1. The number of hydrogen-bond acceptors (Lipinski definition) is 7. The lowest BCUT2D eigenvalue weighted by Gasteiger charge is -2.28. The lowest BCUT2D eigenvalue weighted by atomic mass is 10.2. The number of anilines is 1. The van der Waals surface area contributed by atoms with Crippen LogP contribution in [0.5, 0.6) is 11.5 Å². The summed E-state index contributed by atoms with van der Waals surface area (Å²) in [6.07, 6.45) is 1.64. The Morgan fingerprint density at radius 2 is 2.11 bits per heavy atom. The van der Waals surface area contributed by atoms with Gasteiger partial charge in [0.05, 0.1) is 35.1 Å². The summed E-state index contributed by atoms with van der Waals surface area (Å²) in [5, 5.41) is 28.6. The predicted molar refractivity (Wildman–Crippen MR) is 92.8 cm³/mol. The molecule has 10 nitrogen and oxygen atoms in total. The van der Waals surface area contributed by atoms with Gasteiger partial charge in [0.25, 0.3) is 11.6 Å². The van der Waals surface area contributed by atoms with E-state index in [0.717, 1.165) is 0 Å². The normalized spacial score (nSPS) is 13.2. The first-order valence-electron chi connectivity index (χ1n) is 7.93. The quantitative estimate of drug-likeness (QED) is 0.551. The minimum Gasteiger partial charge on any atom is -0.508 e. The maximum atomic E-state index is 12.3. The molecular formula is C17H13N5O5. The fraction of sp³-hybridized carbons (Fsp3) is 0.118. The predicted octanol–water partition coefficient (Wildman–Crippen LogP) is 1.81. The number of carbonyl (C=O) groups excluding carboxylic acids is 1. The van der Waals surface area contributed by atoms with Gasteiger partial charge in [-0.1, -0.05) is 11.3 Å². The first-order chi connectivity index (χ1) is 13.0. The third-order valence-electron chi connectivity index (χ3n) is 4.05. The van der Waals surface area contributed by atoms with Crippen molar-refractivity contribution in [2.45, 2.75) is 6.54 Å². The summed E-state index contributed by atoms with van der Waals surface area (Å²) in [5.41, 5.74) is 1.46. The number of nitro benzene ring substituents is 1. The van der Waals surface area contributed by atoms with Gasteiger partial charge in [0.2, 0.25) is 0 Å². The smallest absolute Gasteiger partial charge is 0.273 e. The van der Waals surface area contributed by atoms with E-state index in [1.165, 1.54) is 33.8 Å². The number of amides is 1. The van der Waals surface area contributed by atoms with Crippen LogP contribution in [-0.2, 0) is 11.3 Å². The molecule has 0 saturated carbocycles. The number of hydrogen-bond donors (Lipinski definition) is 1. The first kappa shape index (κ1) is 16.5. The summed E-state index contributed by atoms with van der Waals surface area (Å²) in [4.78, 5) is 24.1. The van der Waals surface area contributed by atoms with Crippen LogP contribution in [0.1, 0.15) is 5.69 Å². The standard InChI is InChI=1S/C17H13N5O5/c23-14-3-1-2-12(6-14)21-9-11(18-19-21)8-20-15-5-4-13(22(25)26)7-16(15)27-10-17(20)24/h1-7,9,23H,8,10H2. The monoisotopic (exact) mass is 367 g/mol. The number of nitrogens with zero attached hydrogens (tertiary/aromatic N) is 5. The molecule has 3 aromatic rings. The Hall–Kier alpha value is -3.95. The number of phenolic OH excluding ortho intramolecular Hbond substituents is 1. The van der Waals surface area contributed by atoms with Gasteiger partial charge in [-0.15, -0.1) is 5.10 Å². The second kappa shape index (κ2) is 6.41. The number of phenols is 1. The summed E-state index contributed by atoms with van der Waals surface area (Å²) in [6.45, 7) is -0.0827. The Morgan fingerprint density at radius 3 is 2.89 bits per heavy atom. The minimum absolute atomic E-state index is 0.100. The van der Waals surface area contributed by atoms with E-state index in [9.17, 15) is 20.0 Å². The molecule has 0 atom stereocenters. The highest BCUT2D eigenvalue weighted by atomic mass is 16.6. The van der Waals surface area contributed by atoms with Gasteiger partial charge in [-0.25, -0.2) is 4.68 Å². The zero-order chi connectivity index (χ0) is 19.0. The Bertz CT molecular complexity index is 1050. The number of aromatic nitrogens is 3. The molecule has 0 aliphatic carbocycles. The van der Waals surface area contributed by atoms with Crippen LogP contribution in [0.15, 0.2) is 48.7 Å². The van der Waals surface area contributed by atoms with Gasteiger partial charge in [0.15, 0.2) is 12.4 Å². The van der Waals surface area contributed by atoms with Gasteiger partial charge in [-0.05, 0) is 18.2 Å². The van der Waals surface area contributed by atoms with E-state index < -0.39 is 4.92 Å². The van der Waals surface area contributed by atoms with Crippen molar-refractivity contribution in [1.82, 2.24) is 15.0 Å². The van der Waals surface area contributed by atoms with Gasteiger partial charge >= 0.3 is 0 Å². The van der Waals surface area contributed by atoms with Crippen LogP contribution < -0.4 is 9.64 Å². The molecule has 1 N–H and O–H groups in total. The molecule has 1 aliphatic rings. The fourth-order valence-corrected chi connectivity index (χ4v) is 2.77. The average molecular weight is 367 g/mol. The zero-order valence-electron chi connectivity index (χ0n) is 13.8. The topological polar surface area (TPSA) is 124 Å². The minimum atomic E-state index is -0.523. The fourth-order valence-electron chi connectivity index (χ4n) is 2.77. The second-order valence-electron chi connectivity index (χ2n) is 5.85. The van der Waals surface area contributed by atoms with Crippen molar-refractivity contribution in [1.29, 1.82) is 0 Å². The summed E-state index contributed by atoms with van der Waals surface area (Å²) in [7, 11) is 0. The number of benzene rings is 2. The van der Waals surface area contributed by atoms with Crippen LogP contribution in [0.25, 0.3) is 5.69 Å². The van der Waals surface area contributed by atoms with E-state index in [4.69, 9.17) is 4.74 Å². The van der Waals surface area contributed by atoms with Crippen LogP contribution in [0.3, 0.4) is 0 Å². The molecule has 0 saturated heterocycles. The highest BCUT2D eigenvalue weighted by molar-refractivity contribution is 5.97. The Kier molecular flexibility index (Phi) is 3.92. The molecule has 1 aliphatic heterocycles. The van der Waals surface area contributed by atoms with E-state index in [1.54, 1.807) is 24.4 Å². The molecule has 1 amide bonds. The largest absolute Gasteiger partial charge is 0.508 e. The maximum absolute atomic E-state index is 12.3. The lowest BCUT2D eigenvalue weighted by Crippen LogP contribution is -2.38. The van der Waals surface area contributed by atoms with Crippen LogP contribution in [0, 0.1) is 10.1 Å². The van der Waals surface area contributed by atoms with Gasteiger partial charge in [0, 0.05) is 12.1 Å². The molecule has 0 bridgehead atoms. The second-order valence-corrected chi connectivity index (χ2v) is 5.85. The highest BCUT2D eigenvalue weighted by Gasteiger charge is 2.28. The molecule has 2 aromatic carbocycles. The van der Waals surface area contributed by atoms with E-state index in [1.807, 2.05) is 0 Å². The van der Waals surface area contributed by atoms with Crippen LogP contribution in [0.4, 0.5) is 11.4 Å². The number of ether oxygens (including phenoxy) is 1. The third-order valence-corrected chi connectivity index (χ3v) is 4.05. The summed E-state index contributed by atoms with van der Waals surface area (Å²) < 4.78 is 6.80. The van der Waals surface area contributed by atoms with E-state index in [0.29, 0.717) is 17.1 Å². The maximum Gasteiger partial charge on any atom is 0.273 e. The van der Waals surface area contributed by atoms with E-state index in [-0.39, 0.29) is 36.2 Å². The Morgan fingerprint density at radius 1 is 1.26 bits per heavy atom. The van der Waals surface area contributed by atoms with Crippen molar-refractivity contribution in [2.75, 3.05) is 11.5 Å². The van der Waals surface area contributed by atoms with E-state index >= 15 is 0 Å². The Balaban J connectivity index is 1.62. The number of rotatable bonds is 4. The average Bonchev–Trinajstić information content (AvgIpc) is 3.12. The molecular weight excluding hydrogens is 354 g/mol. The Labute approximate surface area is 152 Å². The van der Waals surface area contributed by atoms with Crippen molar-refractivity contribution >= 4 is 17.3 Å². The molecule has 0 spiro atoms. The summed E-state index contributed by atoms with van der Waals surface area (Å²) in [6, 6.07) is 10.6. The zero-order valence-corrected chi connectivity index (χ0v) is 13.8. The lowest BCUT2D eigenvalue weighted by molar-refractivity contribution is -0.384. The SMILES string of the molecule is O=C1COc2cc([N+](=O)[O-])ccc2N1Cc1cn(-c2cccc(O)c2)nn1. The molecule has 27 heavy (non-hydrogen) atoms. The molecule has 0 radical (unpaired) electrons. The van der Waals surface area contributed by atoms with Crippen LogP contribution in [0.2, 0.25) is 0 Å². The molecule has 10 heteroatoms. The van der Waals surface area contributed by atoms with Crippen molar-refractivity contribution in [3.63, 3.8) is 0 Å². The first-order valence-corrected chi connectivity index (χ1v) is 7.93. The molecule has 1 aromatic heterocycles. The van der Waals surface area contributed by atoms with Gasteiger partial charge in [-0.3, -0.25) is 19.8 Å². The van der Waals surface area contributed by atoms with Gasteiger partial charge in [0.1, 0.15) is 11.4 Å². The summed E-state index contributed by atoms with van der Waals surface area (Å²) >= 11 is 0. The number of nitro groups is 1. The van der Waals surface area contributed by atoms with Crippen molar-refractivity contribution < 1.29 is 19.6 Å². The number of non-ortho nitro benzene ring substituents is 1. The molecule has 0 fully saturated rings. The van der Waals surface area contributed by atoms with Gasteiger partial charge in [-0.2, -0.15) is 0 Å². The van der Waals surface area contributed by atoms with Crippen molar-refractivity contribution in [3.8, 4) is 17.2 Å². The van der Waals surface area contributed by atoms with Crippen molar-refractivity contribution in [2.24, 2.45) is 0 Å².